The molecule has 0 aliphatic carbocycles. The predicted molar refractivity (Wildman–Crippen MR) is 103 cm³/mol. The van der Waals surface area contributed by atoms with Crippen molar-refractivity contribution >= 4 is 27.2 Å². The molecule has 1 aromatic carbocycles. The third-order valence-electron chi connectivity index (χ3n) is 4.69. The van der Waals surface area contributed by atoms with Crippen LogP contribution in [0.2, 0.25) is 21.6 Å². The van der Waals surface area contributed by atoms with Crippen LogP contribution in [0.25, 0.3) is 0 Å². The van der Waals surface area contributed by atoms with Crippen LogP contribution >= 0.6 is 11.6 Å². The summed E-state index contributed by atoms with van der Waals surface area (Å²) in [5, 5.41) is 18.7. The first-order valence-corrected chi connectivity index (χ1v) is 11.1. The SMILES string of the molecule is CC(C)[Si](OCCc1cc(Cl)ccc1OB(O)O)(C(C)C)C(C)C. The molecule has 0 heterocycles. The molecule has 0 unspecified atom stereocenters. The highest BCUT2D eigenvalue weighted by molar-refractivity contribution is 6.77. The van der Waals surface area contributed by atoms with E-state index in [4.69, 9.17) is 30.7 Å². The summed E-state index contributed by atoms with van der Waals surface area (Å²) < 4.78 is 11.6. The Hall–Kier alpha value is -0.528. The normalized spacial score (nSPS) is 12.3. The highest BCUT2D eigenvalue weighted by Gasteiger charge is 2.44. The maximum Gasteiger partial charge on any atom is 0.707 e. The lowest BCUT2D eigenvalue weighted by molar-refractivity contribution is 0.273. The maximum atomic E-state index is 9.05. The number of benzene rings is 1. The Morgan fingerprint density at radius 2 is 1.58 bits per heavy atom. The van der Waals surface area contributed by atoms with Gasteiger partial charge >= 0.3 is 7.32 Å². The topological polar surface area (TPSA) is 58.9 Å². The molecule has 0 saturated carbocycles. The molecule has 2 N–H and O–H groups in total. The third kappa shape index (κ3) is 5.23. The van der Waals surface area contributed by atoms with Gasteiger partial charge in [0.1, 0.15) is 5.75 Å². The van der Waals surface area contributed by atoms with Crippen LogP contribution in [0.3, 0.4) is 0 Å². The van der Waals surface area contributed by atoms with Gasteiger partial charge in [-0.15, -0.1) is 0 Å². The molecule has 0 aliphatic rings. The highest BCUT2D eigenvalue weighted by atomic mass is 35.5. The second-order valence-corrected chi connectivity index (χ2v) is 13.0. The molecule has 0 amide bonds. The minimum Gasteiger partial charge on any atom is -0.512 e. The van der Waals surface area contributed by atoms with Gasteiger partial charge in [0.25, 0.3) is 0 Å². The Kier molecular flexibility index (Phi) is 8.29. The quantitative estimate of drug-likeness (QED) is 0.630. The number of halogens is 1. The van der Waals surface area contributed by atoms with Crippen LogP contribution in [-0.2, 0) is 10.8 Å². The van der Waals surface area contributed by atoms with Crippen molar-refractivity contribution in [1.82, 2.24) is 0 Å². The van der Waals surface area contributed by atoms with Gasteiger partial charge in [-0.25, -0.2) is 0 Å². The Balaban J connectivity index is 2.90. The van der Waals surface area contributed by atoms with Gasteiger partial charge in [0, 0.05) is 11.6 Å². The first-order chi connectivity index (χ1) is 11.1. The van der Waals surface area contributed by atoms with Gasteiger partial charge in [-0.2, -0.15) is 0 Å². The molecule has 4 nitrogen and oxygen atoms in total. The Bertz CT molecular complexity index is 502. The Morgan fingerprint density at radius 1 is 1.04 bits per heavy atom. The number of hydrogen-bond donors (Lipinski definition) is 2. The molecule has 1 rings (SSSR count). The van der Waals surface area contributed by atoms with Gasteiger partial charge in [-0.1, -0.05) is 53.1 Å². The van der Waals surface area contributed by atoms with Gasteiger partial charge in [0.05, 0.1) is 0 Å². The Morgan fingerprint density at radius 3 is 2.04 bits per heavy atom. The standard InChI is InChI=1S/C17H30BClO4Si/c1-12(2)24(13(3)4,14(5)6)22-10-9-15-11-16(19)7-8-17(15)23-18(20)21/h7-8,11-14,20-21H,9-10H2,1-6H3. The van der Waals surface area contributed by atoms with Crippen molar-refractivity contribution in [2.75, 3.05) is 6.61 Å². The average Bonchev–Trinajstić information content (AvgIpc) is 2.44. The van der Waals surface area contributed by atoms with Gasteiger partial charge in [-0.05, 0) is 46.8 Å². The molecule has 0 aliphatic heterocycles. The molecular weight excluding hydrogens is 343 g/mol. The lowest BCUT2D eigenvalue weighted by Crippen LogP contribution is -2.48. The summed E-state index contributed by atoms with van der Waals surface area (Å²) >= 11 is 6.06. The summed E-state index contributed by atoms with van der Waals surface area (Å²) in [6, 6.07) is 5.10. The first-order valence-electron chi connectivity index (χ1n) is 8.56. The van der Waals surface area contributed by atoms with Crippen molar-refractivity contribution in [3.05, 3.63) is 28.8 Å². The summed E-state index contributed by atoms with van der Waals surface area (Å²) in [6.45, 7) is 14.1. The van der Waals surface area contributed by atoms with Crippen LogP contribution in [0.4, 0.5) is 0 Å². The summed E-state index contributed by atoms with van der Waals surface area (Å²) in [7, 11) is -3.76. The fourth-order valence-electron chi connectivity index (χ4n) is 3.81. The summed E-state index contributed by atoms with van der Waals surface area (Å²) in [5.41, 5.74) is 2.38. The Labute approximate surface area is 152 Å². The molecule has 24 heavy (non-hydrogen) atoms. The first kappa shape index (κ1) is 21.5. The van der Waals surface area contributed by atoms with Crippen molar-refractivity contribution < 1.29 is 19.1 Å². The molecule has 0 radical (unpaired) electrons. The highest BCUT2D eigenvalue weighted by Crippen LogP contribution is 2.42. The fourth-order valence-corrected chi connectivity index (χ4v) is 9.46. The van der Waals surface area contributed by atoms with Gasteiger partial charge in [0.2, 0.25) is 0 Å². The molecular formula is C17H30BClO4Si. The molecule has 0 atom stereocenters. The minimum absolute atomic E-state index is 0.420. The molecule has 0 fully saturated rings. The largest absolute Gasteiger partial charge is 0.707 e. The maximum absolute atomic E-state index is 9.05. The van der Waals surface area contributed by atoms with E-state index in [1.165, 1.54) is 0 Å². The van der Waals surface area contributed by atoms with Crippen LogP contribution in [0, 0.1) is 0 Å². The van der Waals surface area contributed by atoms with Crippen molar-refractivity contribution in [2.24, 2.45) is 0 Å². The summed E-state index contributed by atoms with van der Waals surface area (Å²) in [4.78, 5) is 0. The number of rotatable bonds is 9. The molecule has 0 bridgehead atoms. The molecule has 0 spiro atoms. The zero-order valence-electron chi connectivity index (χ0n) is 15.5. The molecule has 0 aromatic heterocycles. The van der Waals surface area contributed by atoms with E-state index in [-0.39, 0.29) is 0 Å². The minimum atomic E-state index is -1.92. The zero-order valence-corrected chi connectivity index (χ0v) is 17.3. The lowest BCUT2D eigenvalue weighted by atomic mass is 10.1. The van der Waals surface area contributed by atoms with E-state index < -0.39 is 15.6 Å². The smallest absolute Gasteiger partial charge is 0.512 e. The van der Waals surface area contributed by atoms with Crippen LogP contribution < -0.4 is 4.65 Å². The molecule has 0 saturated heterocycles. The zero-order chi connectivity index (χ0) is 18.5. The van der Waals surface area contributed by atoms with Gasteiger partial charge in [-0.3, -0.25) is 0 Å². The second kappa shape index (κ2) is 9.25. The van der Waals surface area contributed by atoms with Crippen molar-refractivity contribution in [1.29, 1.82) is 0 Å². The van der Waals surface area contributed by atoms with Crippen molar-refractivity contribution in [2.45, 2.75) is 64.6 Å². The van der Waals surface area contributed by atoms with Crippen molar-refractivity contribution in [3.63, 3.8) is 0 Å². The van der Waals surface area contributed by atoms with Crippen LogP contribution in [0.1, 0.15) is 47.1 Å². The van der Waals surface area contributed by atoms with E-state index in [9.17, 15) is 0 Å². The monoisotopic (exact) mass is 372 g/mol. The van der Waals surface area contributed by atoms with E-state index in [1.54, 1.807) is 18.2 Å². The molecule has 1 aromatic rings. The van der Waals surface area contributed by atoms with E-state index in [2.05, 4.69) is 41.5 Å². The van der Waals surface area contributed by atoms with Crippen LogP contribution in [0.15, 0.2) is 18.2 Å². The molecule has 136 valence electrons. The van der Waals surface area contributed by atoms with Crippen LogP contribution in [-0.4, -0.2) is 32.3 Å². The van der Waals surface area contributed by atoms with Crippen LogP contribution in [0.5, 0.6) is 5.75 Å². The van der Waals surface area contributed by atoms with E-state index in [0.717, 1.165) is 5.56 Å². The second-order valence-electron chi connectivity index (χ2n) is 7.11. The number of hydrogen-bond acceptors (Lipinski definition) is 4. The van der Waals surface area contributed by atoms with E-state index in [0.29, 0.717) is 40.4 Å². The fraction of sp³-hybridized carbons (Fsp3) is 0.647. The lowest BCUT2D eigenvalue weighted by Gasteiger charge is -2.42. The van der Waals surface area contributed by atoms with Crippen molar-refractivity contribution in [3.8, 4) is 5.75 Å². The summed E-state index contributed by atoms with van der Waals surface area (Å²) in [6.07, 6.45) is 0.615. The predicted octanol–water partition coefficient (Wildman–Crippen LogP) is 4.42. The van der Waals surface area contributed by atoms with E-state index >= 15 is 0 Å². The van der Waals surface area contributed by atoms with E-state index in [1.807, 2.05) is 0 Å². The average molecular weight is 373 g/mol. The molecule has 7 heteroatoms. The third-order valence-corrected chi connectivity index (χ3v) is 11.0. The van der Waals surface area contributed by atoms with Gasteiger partial charge in [0.15, 0.2) is 8.32 Å². The summed E-state index contributed by atoms with van der Waals surface area (Å²) in [5.74, 6) is 0.420. The van der Waals surface area contributed by atoms with Gasteiger partial charge < -0.3 is 19.1 Å².